The summed E-state index contributed by atoms with van der Waals surface area (Å²) in [5.41, 5.74) is 5.67. The highest BCUT2D eigenvalue weighted by Gasteiger charge is 2.14. The van der Waals surface area contributed by atoms with Crippen molar-refractivity contribution in [2.75, 3.05) is 6.54 Å². The molecule has 1 amide bonds. The lowest BCUT2D eigenvalue weighted by Gasteiger charge is -2.15. The molecule has 0 aliphatic rings. The summed E-state index contributed by atoms with van der Waals surface area (Å²) in [4.78, 5) is 24.2. The number of carbonyl (C=O) groups is 1. The molecule has 2 aromatic rings. The molecule has 1 atom stereocenters. The van der Waals surface area contributed by atoms with Gasteiger partial charge in [-0.3, -0.25) is 4.79 Å². The molecular formula is C15H23ClN6O2. The van der Waals surface area contributed by atoms with Gasteiger partial charge in [-0.15, -0.1) is 12.4 Å². The standard InChI is InChI=1S/C15H22N6O2.ClH/c1-2-3-5-11(10-16)19-12(22)6-7-13-20-15(21-23-13)14-17-8-4-9-18-14;/h4,8-9,11H,2-3,5-7,10,16H2,1H3,(H,19,22);1H. The van der Waals surface area contributed by atoms with Gasteiger partial charge in [-0.05, 0) is 12.5 Å². The van der Waals surface area contributed by atoms with Gasteiger partial charge in [0.15, 0.2) is 0 Å². The van der Waals surface area contributed by atoms with Crippen LogP contribution in [0, 0.1) is 0 Å². The minimum atomic E-state index is -0.0627. The van der Waals surface area contributed by atoms with Gasteiger partial charge in [-0.2, -0.15) is 4.98 Å². The van der Waals surface area contributed by atoms with E-state index in [2.05, 4.69) is 32.3 Å². The Labute approximate surface area is 147 Å². The number of nitrogens with one attached hydrogen (secondary N) is 1. The van der Waals surface area contributed by atoms with Gasteiger partial charge in [0.1, 0.15) is 0 Å². The quantitative estimate of drug-likeness (QED) is 0.700. The minimum Gasteiger partial charge on any atom is -0.352 e. The first-order valence-electron chi connectivity index (χ1n) is 7.82. The number of rotatable bonds is 9. The summed E-state index contributed by atoms with van der Waals surface area (Å²) in [6.07, 6.45) is 6.89. The molecule has 0 radical (unpaired) electrons. The number of halogens is 1. The molecule has 0 saturated carbocycles. The Kier molecular flexibility index (Phi) is 8.88. The fraction of sp³-hybridized carbons (Fsp3) is 0.533. The third kappa shape index (κ3) is 6.21. The molecule has 2 rings (SSSR count). The van der Waals surface area contributed by atoms with E-state index < -0.39 is 0 Å². The Balaban J connectivity index is 0.00000288. The van der Waals surface area contributed by atoms with Gasteiger partial charge in [-0.25, -0.2) is 9.97 Å². The van der Waals surface area contributed by atoms with Crippen LogP contribution in [0.15, 0.2) is 23.0 Å². The maximum Gasteiger partial charge on any atom is 0.240 e. The molecular weight excluding hydrogens is 332 g/mol. The van der Waals surface area contributed by atoms with Crippen molar-refractivity contribution in [2.45, 2.75) is 45.1 Å². The fourth-order valence-electron chi connectivity index (χ4n) is 2.08. The summed E-state index contributed by atoms with van der Waals surface area (Å²) in [6, 6.07) is 1.74. The van der Waals surface area contributed by atoms with Crippen molar-refractivity contribution in [2.24, 2.45) is 5.73 Å². The predicted octanol–water partition coefficient (Wildman–Crippen LogP) is 1.51. The summed E-state index contributed by atoms with van der Waals surface area (Å²) < 4.78 is 5.12. The maximum atomic E-state index is 11.9. The van der Waals surface area contributed by atoms with Crippen LogP contribution in [-0.2, 0) is 11.2 Å². The number of hydrogen-bond donors (Lipinski definition) is 2. The second-order valence-corrected chi connectivity index (χ2v) is 5.23. The Morgan fingerprint density at radius 3 is 2.75 bits per heavy atom. The molecule has 0 aliphatic carbocycles. The molecule has 0 aliphatic heterocycles. The van der Waals surface area contributed by atoms with Crippen LogP contribution in [0.1, 0.15) is 38.5 Å². The highest BCUT2D eigenvalue weighted by Crippen LogP contribution is 2.10. The van der Waals surface area contributed by atoms with E-state index in [0.717, 1.165) is 19.3 Å². The second-order valence-electron chi connectivity index (χ2n) is 5.23. The third-order valence-electron chi connectivity index (χ3n) is 3.36. The topological polar surface area (TPSA) is 120 Å². The average molecular weight is 355 g/mol. The van der Waals surface area contributed by atoms with Crippen LogP contribution in [0.3, 0.4) is 0 Å². The van der Waals surface area contributed by atoms with Crippen LogP contribution in [0.25, 0.3) is 11.6 Å². The molecule has 24 heavy (non-hydrogen) atoms. The van der Waals surface area contributed by atoms with Crippen LogP contribution >= 0.6 is 12.4 Å². The number of aryl methyl sites for hydroxylation is 1. The van der Waals surface area contributed by atoms with Gasteiger partial charge >= 0.3 is 0 Å². The van der Waals surface area contributed by atoms with E-state index in [1.54, 1.807) is 18.5 Å². The number of unbranched alkanes of at least 4 members (excludes halogenated alkanes) is 1. The largest absolute Gasteiger partial charge is 0.352 e. The number of aromatic nitrogens is 4. The van der Waals surface area contributed by atoms with Crippen LogP contribution in [-0.4, -0.2) is 38.6 Å². The normalized spacial score (nSPS) is 11.6. The zero-order valence-electron chi connectivity index (χ0n) is 13.6. The van der Waals surface area contributed by atoms with Gasteiger partial charge < -0.3 is 15.6 Å². The highest BCUT2D eigenvalue weighted by atomic mass is 35.5. The number of hydrogen-bond acceptors (Lipinski definition) is 7. The Morgan fingerprint density at radius 1 is 1.33 bits per heavy atom. The molecule has 0 aromatic carbocycles. The van der Waals surface area contributed by atoms with Gasteiger partial charge in [0.25, 0.3) is 0 Å². The summed E-state index contributed by atoms with van der Waals surface area (Å²) in [5, 5.41) is 6.75. The van der Waals surface area contributed by atoms with Gasteiger partial charge in [0.2, 0.25) is 23.4 Å². The summed E-state index contributed by atoms with van der Waals surface area (Å²) in [6.45, 7) is 2.56. The molecule has 9 heteroatoms. The molecule has 0 bridgehead atoms. The molecule has 2 aromatic heterocycles. The molecule has 0 spiro atoms. The van der Waals surface area contributed by atoms with E-state index in [-0.39, 0.29) is 30.8 Å². The van der Waals surface area contributed by atoms with Crippen molar-refractivity contribution >= 4 is 18.3 Å². The molecule has 1 unspecified atom stereocenters. The van der Waals surface area contributed by atoms with Crippen molar-refractivity contribution in [1.82, 2.24) is 25.4 Å². The molecule has 8 nitrogen and oxygen atoms in total. The lowest BCUT2D eigenvalue weighted by Crippen LogP contribution is -2.40. The van der Waals surface area contributed by atoms with E-state index in [4.69, 9.17) is 10.3 Å². The van der Waals surface area contributed by atoms with E-state index in [1.807, 2.05) is 0 Å². The van der Waals surface area contributed by atoms with E-state index >= 15 is 0 Å². The summed E-state index contributed by atoms with van der Waals surface area (Å²) in [7, 11) is 0. The Hall–Kier alpha value is -2.06. The molecule has 0 fully saturated rings. The fourth-order valence-corrected chi connectivity index (χ4v) is 2.08. The average Bonchev–Trinajstić information content (AvgIpc) is 3.06. The number of amides is 1. The van der Waals surface area contributed by atoms with Crippen molar-refractivity contribution in [3.8, 4) is 11.6 Å². The van der Waals surface area contributed by atoms with Crippen LogP contribution in [0.4, 0.5) is 0 Å². The number of nitrogens with zero attached hydrogens (tertiary/aromatic N) is 4. The predicted molar refractivity (Wildman–Crippen MR) is 91.4 cm³/mol. The van der Waals surface area contributed by atoms with Gasteiger partial charge in [0.05, 0.1) is 0 Å². The second kappa shape index (κ2) is 10.7. The van der Waals surface area contributed by atoms with Crippen LogP contribution < -0.4 is 11.1 Å². The van der Waals surface area contributed by atoms with Crippen molar-refractivity contribution in [1.29, 1.82) is 0 Å². The monoisotopic (exact) mass is 354 g/mol. The summed E-state index contributed by atoms with van der Waals surface area (Å²) >= 11 is 0. The zero-order chi connectivity index (χ0) is 16.5. The van der Waals surface area contributed by atoms with E-state index in [0.29, 0.717) is 30.5 Å². The van der Waals surface area contributed by atoms with Crippen molar-refractivity contribution < 1.29 is 9.32 Å². The molecule has 132 valence electrons. The lowest BCUT2D eigenvalue weighted by molar-refractivity contribution is -0.121. The number of nitrogens with two attached hydrogens (primary N) is 1. The maximum absolute atomic E-state index is 11.9. The van der Waals surface area contributed by atoms with Crippen LogP contribution in [0.5, 0.6) is 0 Å². The smallest absolute Gasteiger partial charge is 0.240 e. The Morgan fingerprint density at radius 2 is 2.08 bits per heavy atom. The van der Waals surface area contributed by atoms with Gasteiger partial charge in [-0.1, -0.05) is 24.9 Å². The first-order valence-corrected chi connectivity index (χ1v) is 7.82. The SMILES string of the molecule is CCCCC(CN)NC(=O)CCc1nc(-c2ncccn2)no1.Cl. The zero-order valence-corrected chi connectivity index (χ0v) is 14.5. The highest BCUT2D eigenvalue weighted by molar-refractivity contribution is 5.85. The number of carbonyl (C=O) groups excluding carboxylic acids is 1. The summed E-state index contributed by atoms with van der Waals surface area (Å²) in [5.74, 6) is 1.05. The van der Waals surface area contributed by atoms with Crippen LogP contribution in [0.2, 0.25) is 0 Å². The first kappa shape index (κ1) is 20.0. The first-order chi connectivity index (χ1) is 11.2. The van der Waals surface area contributed by atoms with E-state index in [9.17, 15) is 4.79 Å². The van der Waals surface area contributed by atoms with Gasteiger partial charge in [0, 0.05) is 37.8 Å². The molecule has 2 heterocycles. The lowest BCUT2D eigenvalue weighted by atomic mass is 10.1. The minimum absolute atomic E-state index is 0. The van der Waals surface area contributed by atoms with Crippen molar-refractivity contribution in [3.63, 3.8) is 0 Å². The van der Waals surface area contributed by atoms with Crippen molar-refractivity contribution in [3.05, 3.63) is 24.4 Å². The molecule has 3 N–H and O–H groups in total. The Bertz CT molecular complexity index is 607. The van der Waals surface area contributed by atoms with E-state index in [1.165, 1.54) is 0 Å². The molecule has 0 saturated heterocycles. The third-order valence-corrected chi connectivity index (χ3v) is 3.36.